The van der Waals surface area contributed by atoms with E-state index in [-0.39, 0.29) is 0 Å². The summed E-state index contributed by atoms with van der Waals surface area (Å²) in [5, 5.41) is 9.73. The van der Waals surface area contributed by atoms with Crippen LogP contribution in [0.1, 0.15) is 71.1 Å². The smallest absolute Gasteiger partial charge is 0.387 e. The van der Waals surface area contributed by atoms with Crippen LogP contribution in [-0.2, 0) is 9.09 Å². The third-order valence-corrected chi connectivity index (χ3v) is 4.33. The molecule has 0 bridgehead atoms. The van der Waals surface area contributed by atoms with Crippen LogP contribution in [0.25, 0.3) is 0 Å². The Morgan fingerprint density at radius 1 is 0.960 bits per heavy atom. The summed E-state index contributed by atoms with van der Waals surface area (Å²) in [5.74, 6) is 0. The largest absolute Gasteiger partial charge is 0.469 e. The molecule has 0 aliphatic rings. The number of aliphatic hydroxyl groups is 1. The second kappa shape index (κ2) is 15.7. The van der Waals surface area contributed by atoms with Crippen LogP contribution in [-0.4, -0.2) is 33.6 Å². The third kappa shape index (κ3) is 18.1. The van der Waals surface area contributed by atoms with Crippen molar-refractivity contribution in [3.05, 3.63) is 24.3 Å². The molecule has 0 aromatic carbocycles. The molecule has 0 aliphatic heterocycles. The molecule has 148 valence electrons. The van der Waals surface area contributed by atoms with E-state index in [0.717, 1.165) is 19.3 Å². The number of hydrogen-bond acceptors (Lipinski definition) is 4. The summed E-state index contributed by atoms with van der Waals surface area (Å²) in [6.07, 6.45) is 18.8. The summed E-state index contributed by atoms with van der Waals surface area (Å²) in [5.41, 5.74) is 5.59. The van der Waals surface area contributed by atoms with Crippen LogP contribution in [0.15, 0.2) is 24.3 Å². The molecule has 0 amide bonds. The van der Waals surface area contributed by atoms with Gasteiger partial charge in [0.15, 0.2) is 0 Å². The van der Waals surface area contributed by atoms with Gasteiger partial charge in [0.05, 0.1) is 18.8 Å². The molecule has 0 radical (unpaired) electrons. The second-order valence-corrected chi connectivity index (χ2v) is 7.57. The summed E-state index contributed by atoms with van der Waals surface area (Å²) in [4.78, 5) is 17.1. The average molecular weight is 377 g/mol. The average Bonchev–Trinajstić information content (AvgIpc) is 2.56. The van der Waals surface area contributed by atoms with E-state index in [1.807, 2.05) is 6.08 Å². The summed E-state index contributed by atoms with van der Waals surface area (Å²) in [7, 11) is -4.54. The molecule has 0 unspecified atom stereocenters. The van der Waals surface area contributed by atoms with Crippen molar-refractivity contribution >= 4 is 7.82 Å². The molecule has 0 rings (SSSR count). The molecule has 0 aliphatic carbocycles. The van der Waals surface area contributed by atoms with Gasteiger partial charge in [0, 0.05) is 0 Å². The molecule has 7 heteroatoms. The van der Waals surface area contributed by atoms with Crippen molar-refractivity contribution in [1.82, 2.24) is 0 Å². The van der Waals surface area contributed by atoms with E-state index < -0.39 is 26.6 Å². The van der Waals surface area contributed by atoms with E-state index in [0.29, 0.717) is 0 Å². The summed E-state index contributed by atoms with van der Waals surface area (Å²) >= 11 is 0. The zero-order valence-corrected chi connectivity index (χ0v) is 16.3. The number of phosphoric acid groups is 1. The SMILES string of the molecule is CCCCCCCCC/C=C\CC/C=C/[C@@H](O)[C@@H](N)COP(=O)(O)O. The second-order valence-electron chi connectivity index (χ2n) is 6.33. The fourth-order valence-corrected chi connectivity index (χ4v) is 2.67. The minimum atomic E-state index is -4.54. The van der Waals surface area contributed by atoms with Crippen LogP contribution in [0.3, 0.4) is 0 Å². The molecule has 0 saturated heterocycles. The maximum Gasteiger partial charge on any atom is 0.469 e. The Kier molecular flexibility index (Phi) is 15.4. The Bertz CT molecular complexity index is 408. The molecule has 0 saturated carbocycles. The van der Waals surface area contributed by atoms with Crippen molar-refractivity contribution in [2.75, 3.05) is 6.61 Å². The lowest BCUT2D eigenvalue weighted by Gasteiger charge is -2.15. The Morgan fingerprint density at radius 2 is 1.52 bits per heavy atom. The van der Waals surface area contributed by atoms with Crippen LogP contribution < -0.4 is 5.73 Å². The van der Waals surface area contributed by atoms with Crippen molar-refractivity contribution in [2.45, 2.75) is 83.3 Å². The lowest BCUT2D eigenvalue weighted by Crippen LogP contribution is -2.37. The predicted molar refractivity (Wildman–Crippen MR) is 102 cm³/mol. The summed E-state index contributed by atoms with van der Waals surface area (Å²) < 4.78 is 14.8. The number of nitrogens with two attached hydrogens (primary N) is 1. The van der Waals surface area contributed by atoms with Crippen LogP contribution in [0, 0.1) is 0 Å². The minimum Gasteiger partial charge on any atom is -0.387 e. The number of hydrogen-bond donors (Lipinski definition) is 4. The van der Waals surface area contributed by atoms with E-state index in [4.69, 9.17) is 15.5 Å². The van der Waals surface area contributed by atoms with E-state index in [2.05, 4.69) is 23.6 Å². The molecule has 6 nitrogen and oxygen atoms in total. The van der Waals surface area contributed by atoms with E-state index in [9.17, 15) is 9.67 Å². The van der Waals surface area contributed by atoms with Gasteiger partial charge in [0.25, 0.3) is 0 Å². The van der Waals surface area contributed by atoms with Gasteiger partial charge in [-0.05, 0) is 25.7 Å². The molecule has 0 heterocycles. The number of allylic oxidation sites excluding steroid dienone is 3. The Labute approximate surface area is 152 Å². The molecule has 0 spiro atoms. The number of phosphoric ester groups is 1. The maximum absolute atomic E-state index is 10.6. The number of aliphatic hydroxyl groups excluding tert-OH is 1. The van der Waals surface area contributed by atoms with Gasteiger partial charge in [-0.15, -0.1) is 0 Å². The van der Waals surface area contributed by atoms with Gasteiger partial charge in [-0.1, -0.05) is 69.8 Å². The Hall–Kier alpha value is -0.490. The zero-order valence-electron chi connectivity index (χ0n) is 15.4. The minimum absolute atomic E-state index is 0.395. The topological polar surface area (TPSA) is 113 Å². The van der Waals surface area contributed by atoms with Crippen LogP contribution >= 0.6 is 7.82 Å². The molecule has 2 atom stereocenters. The maximum atomic E-state index is 10.6. The summed E-state index contributed by atoms with van der Waals surface area (Å²) in [6, 6.07) is -0.864. The van der Waals surface area contributed by atoms with Crippen molar-refractivity contribution in [3.63, 3.8) is 0 Å². The highest BCUT2D eigenvalue weighted by atomic mass is 31.2. The first-order valence-electron chi connectivity index (χ1n) is 9.32. The van der Waals surface area contributed by atoms with Crippen molar-refractivity contribution in [1.29, 1.82) is 0 Å². The number of rotatable bonds is 16. The monoisotopic (exact) mass is 377 g/mol. The van der Waals surface area contributed by atoms with Gasteiger partial charge in [0.1, 0.15) is 0 Å². The lowest BCUT2D eigenvalue weighted by atomic mass is 10.1. The van der Waals surface area contributed by atoms with E-state index in [1.54, 1.807) is 0 Å². The molecule has 5 N–H and O–H groups in total. The Morgan fingerprint density at radius 3 is 2.16 bits per heavy atom. The molecule has 0 aromatic rings. The van der Waals surface area contributed by atoms with Crippen molar-refractivity contribution in [3.8, 4) is 0 Å². The fourth-order valence-electron chi connectivity index (χ4n) is 2.31. The quantitative estimate of drug-likeness (QED) is 0.185. The lowest BCUT2D eigenvalue weighted by molar-refractivity contribution is 0.129. The van der Waals surface area contributed by atoms with Gasteiger partial charge in [-0.2, -0.15) is 0 Å². The zero-order chi connectivity index (χ0) is 19.0. The van der Waals surface area contributed by atoms with Gasteiger partial charge in [-0.3, -0.25) is 4.52 Å². The molecule has 0 fully saturated rings. The Balaban J connectivity index is 3.59. The fraction of sp³-hybridized carbons (Fsp3) is 0.778. The van der Waals surface area contributed by atoms with Crippen LogP contribution in [0.4, 0.5) is 0 Å². The van der Waals surface area contributed by atoms with Gasteiger partial charge < -0.3 is 20.6 Å². The van der Waals surface area contributed by atoms with Gasteiger partial charge in [0.2, 0.25) is 0 Å². The van der Waals surface area contributed by atoms with Crippen molar-refractivity contribution in [2.24, 2.45) is 5.73 Å². The van der Waals surface area contributed by atoms with E-state index in [1.165, 1.54) is 51.0 Å². The highest BCUT2D eigenvalue weighted by molar-refractivity contribution is 7.46. The number of unbranched alkanes of at least 4 members (excludes halogenated alkanes) is 8. The predicted octanol–water partition coefficient (Wildman–Crippen LogP) is 3.82. The normalized spacial score (nSPS) is 15.2. The first-order chi connectivity index (χ1) is 11.9. The first-order valence-corrected chi connectivity index (χ1v) is 10.8. The summed E-state index contributed by atoms with van der Waals surface area (Å²) in [6.45, 7) is 1.84. The van der Waals surface area contributed by atoms with Gasteiger partial charge >= 0.3 is 7.82 Å². The van der Waals surface area contributed by atoms with E-state index >= 15 is 0 Å². The molecular formula is C18H36NO5P. The molecule has 25 heavy (non-hydrogen) atoms. The highest BCUT2D eigenvalue weighted by Crippen LogP contribution is 2.35. The van der Waals surface area contributed by atoms with Crippen molar-refractivity contribution < 1.29 is 24.0 Å². The molecule has 0 aromatic heterocycles. The van der Waals surface area contributed by atoms with Crippen LogP contribution in [0.2, 0.25) is 0 Å². The third-order valence-electron chi connectivity index (χ3n) is 3.85. The standard InChI is InChI=1S/C18H36NO5P/c1-2-3-4-5-6-7-8-9-10-11-12-13-14-15-18(20)17(19)16-24-25(21,22)23/h10-11,14-15,17-18,20H,2-9,12-13,16,19H2,1H3,(H2,21,22,23)/b11-10-,15-14+/t17-,18+/m0/s1. The first kappa shape index (κ1) is 24.5. The highest BCUT2D eigenvalue weighted by Gasteiger charge is 2.19. The van der Waals surface area contributed by atoms with Gasteiger partial charge in [-0.25, -0.2) is 4.57 Å². The van der Waals surface area contributed by atoms with Crippen LogP contribution in [0.5, 0.6) is 0 Å². The molecular weight excluding hydrogens is 341 g/mol.